The predicted octanol–water partition coefficient (Wildman–Crippen LogP) is 2.06. The summed E-state index contributed by atoms with van der Waals surface area (Å²) in [6.07, 6.45) is -6.04. The van der Waals surface area contributed by atoms with E-state index in [1.54, 1.807) is 18.2 Å². The van der Waals surface area contributed by atoms with Crippen LogP contribution in [0.4, 0.5) is 13.2 Å². The molecule has 118 valence electrons. The van der Waals surface area contributed by atoms with Crippen LogP contribution < -0.4 is 5.32 Å². The minimum absolute atomic E-state index is 0.0753. The van der Waals surface area contributed by atoms with E-state index in [1.807, 2.05) is 0 Å². The lowest BCUT2D eigenvalue weighted by Crippen LogP contribution is -2.57. The first-order valence-corrected chi connectivity index (χ1v) is 6.40. The number of aliphatic hydroxyl groups excluding tert-OH is 1. The van der Waals surface area contributed by atoms with Crippen molar-refractivity contribution in [2.75, 3.05) is 0 Å². The SMILES string of the molecule is CC(C)(NC(=O)c1ccc2cccnc2n1)C(O)C(F)(F)F. The summed E-state index contributed by atoms with van der Waals surface area (Å²) in [5.41, 5.74) is -1.66. The Morgan fingerprint density at radius 2 is 1.95 bits per heavy atom. The Labute approximate surface area is 124 Å². The maximum atomic E-state index is 12.6. The van der Waals surface area contributed by atoms with Crippen LogP contribution in [0.1, 0.15) is 24.3 Å². The van der Waals surface area contributed by atoms with Crippen molar-refractivity contribution in [3.63, 3.8) is 0 Å². The monoisotopic (exact) mass is 313 g/mol. The smallest absolute Gasteiger partial charge is 0.382 e. The van der Waals surface area contributed by atoms with Crippen LogP contribution in [0.15, 0.2) is 30.5 Å². The minimum Gasteiger partial charge on any atom is -0.382 e. The molecule has 0 aliphatic heterocycles. The molecule has 2 rings (SSSR count). The van der Waals surface area contributed by atoms with Gasteiger partial charge >= 0.3 is 6.18 Å². The van der Waals surface area contributed by atoms with Crippen LogP contribution in [0, 0.1) is 0 Å². The largest absolute Gasteiger partial charge is 0.416 e. The second-order valence-corrected chi connectivity index (χ2v) is 5.37. The molecular formula is C14H14F3N3O2. The maximum Gasteiger partial charge on any atom is 0.416 e. The summed E-state index contributed by atoms with van der Waals surface area (Å²) in [5, 5.41) is 12.2. The van der Waals surface area contributed by atoms with Crippen LogP contribution in [0.5, 0.6) is 0 Å². The second-order valence-electron chi connectivity index (χ2n) is 5.37. The number of hydrogen-bond donors (Lipinski definition) is 2. The number of nitrogens with one attached hydrogen (secondary N) is 1. The first-order chi connectivity index (χ1) is 10.1. The summed E-state index contributed by atoms with van der Waals surface area (Å²) in [4.78, 5) is 20.0. The molecule has 8 heteroatoms. The molecule has 1 atom stereocenters. The molecule has 2 aromatic rings. The quantitative estimate of drug-likeness (QED) is 0.909. The number of pyridine rings is 2. The Bertz CT molecular complexity index is 701. The Balaban J connectivity index is 2.23. The molecule has 0 spiro atoms. The zero-order valence-electron chi connectivity index (χ0n) is 11.8. The lowest BCUT2D eigenvalue weighted by Gasteiger charge is -2.32. The van der Waals surface area contributed by atoms with E-state index >= 15 is 0 Å². The third-order valence-corrected chi connectivity index (χ3v) is 3.13. The number of carbonyl (C=O) groups excluding carboxylic acids is 1. The third-order valence-electron chi connectivity index (χ3n) is 3.13. The number of aliphatic hydroxyl groups is 1. The van der Waals surface area contributed by atoms with E-state index in [4.69, 9.17) is 0 Å². The van der Waals surface area contributed by atoms with Gasteiger partial charge in [0.2, 0.25) is 0 Å². The van der Waals surface area contributed by atoms with E-state index in [0.29, 0.717) is 11.0 Å². The van der Waals surface area contributed by atoms with Gasteiger partial charge in [-0.2, -0.15) is 13.2 Å². The molecule has 0 radical (unpaired) electrons. The number of rotatable bonds is 3. The van der Waals surface area contributed by atoms with Crippen molar-refractivity contribution in [1.29, 1.82) is 0 Å². The molecule has 0 aliphatic rings. The lowest BCUT2D eigenvalue weighted by atomic mass is 9.96. The Kier molecular flexibility index (Phi) is 4.06. The topological polar surface area (TPSA) is 75.1 Å². The highest BCUT2D eigenvalue weighted by molar-refractivity contribution is 5.94. The van der Waals surface area contributed by atoms with E-state index in [1.165, 1.54) is 12.3 Å². The number of halogens is 3. The molecule has 0 aliphatic carbocycles. The standard InChI is InChI=1S/C14H14F3N3O2/c1-13(2,12(22)14(15,16)17)20-11(21)9-6-5-8-4-3-7-18-10(8)19-9/h3-7,12,22H,1-2H3,(H,20,21). The average molecular weight is 313 g/mol. The molecular weight excluding hydrogens is 299 g/mol. The van der Waals surface area contributed by atoms with Gasteiger partial charge < -0.3 is 10.4 Å². The molecule has 0 bridgehead atoms. The van der Waals surface area contributed by atoms with E-state index in [9.17, 15) is 23.1 Å². The van der Waals surface area contributed by atoms with E-state index in [2.05, 4.69) is 15.3 Å². The van der Waals surface area contributed by atoms with Crippen molar-refractivity contribution in [3.05, 3.63) is 36.2 Å². The zero-order chi connectivity index (χ0) is 16.5. The van der Waals surface area contributed by atoms with Gasteiger partial charge in [0.05, 0.1) is 5.54 Å². The number of alkyl halides is 3. The van der Waals surface area contributed by atoms with Crippen molar-refractivity contribution in [3.8, 4) is 0 Å². The number of amides is 1. The normalized spacial score (nSPS) is 13.9. The molecule has 0 saturated heterocycles. The Morgan fingerprint density at radius 3 is 2.59 bits per heavy atom. The number of carbonyl (C=O) groups is 1. The summed E-state index contributed by atoms with van der Waals surface area (Å²) in [6, 6.07) is 6.42. The zero-order valence-corrected chi connectivity index (χ0v) is 11.8. The molecule has 2 aromatic heterocycles. The van der Waals surface area contributed by atoms with Gasteiger partial charge in [0, 0.05) is 11.6 Å². The molecule has 22 heavy (non-hydrogen) atoms. The first-order valence-electron chi connectivity index (χ1n) is 6.40. The highest BCUT2D eigenvalue weighted by Gasteiger charge is 2.48. The van der Waals surface area contributed by atoms with Crippen molar-refractivity contribution < 1.29 is 23.1 Å². The van der Waals surface area contributed by atoms with Gasteiger partial charge in [0.1, 0.15) is 5.69 Å². The van der Waals surface area contributed by atoms with Gasteiger partial charge in [0.25, 0.3) is 5.91 Å². The van der Waals surface area contributed by atoms with Crippen molar-refractivity contribution >= 4 is 16.9 Å². The summed E-state index contributed by atoms with van der Waals surface area (Å²) < 4.78 is 37.7. The first kappa shape index (κ1) is 16.2. The third kappa shape index (κ3) is 3.33. The molecule has 0 fully saturated rings. The van der Waals surface area contributed by atoms with E-state index < -0.39 is 23.7 Å². The molecule has 0 saturated carbocycles. The summed E-state index contributed by atoms with van der Waals surface area (Å²) in [7, 11) is 0. The fourth-order valence-corrected chi connectivity index (χ4v) is 1.91. The number of nitrogens with zero attached hydrogens (tertiary/aromatic N) is 2. The van der Waals surface area contributed by atoms with Gasteiger partial charge in [-0.05, 0) is 38.1 Å². The minimum atomic E-state index is -4.84. The van der Waals surface area contributed by atoms with Crippen LogP contribution in [0.25, 0.3) is 11.0 Å². The van der Waals surface area contributed by atoms with Crippen LogP contribution in [0.2, 0.25) is 0 Å². The van der Waals surface area contributed by atoms with Gasteiger partial charge in [-0.25, -0.2) is 9.97 Å². The maximum absolute atomic E-state index is 12.6. The van der Waals surface area contributed by atoms with Crippen LogP contribution in [0.3, 0.4) is 0 Å². The van der Waals surface area contributed by atoms with Crippen LogP contribution >= 0.6 is 0 Å². The molecule has 1 amide bonds. The molecule has 2 N–H and O–H groups in total. The van der Waals surface area contributed by atoms with Gasteiger partial charge in [-0.15, -0.1) is 0 Å². The average Bonchev–Trinajstić information content (AvgIpc) is 2.44. The predicted molar refractivity (Wildman–Crippen MR) is 73.1 cm³/mol. The van der Waals surface area contributed by atoms with Gasteiger partial charge in [-0.3, -0.25) is 4.79 Å². The Hall–Kier alpha value is -2.22. The number of aromatic nitrogens is 2. The molecule has 1 unspecified atom stereocenters. The number of hydrogen-bond acceptors (Lipinski definition) is 4. The fourth-order valence-electron chi connectivity index (χ4n) is 1.91. The summed E-state index contributed by atoms with van der Waals surface area (Å²) >= 11 is 0. The Morgan fingerprint density at radius 1 is 1.27 bits per heavy atom. The fraction of sp³-hybridized carbons (Fsp3) is 0.357. The van der Waals surface area contributed by atoms with E-state index in [-0.39, 0.29) is 5.69 Å². The van der Waals surface area contributed by atoms with Crippen LogP contribution in [-0.2, 0) is 0 Å². The van der Waals surface area contributed by atoms with Crippen LogP contribution in [-0.4, -0.2) is 38.8 Å². The van der Waals surface area contributed by atoms with Crippen molar-refractivity contribution in [1.82, 2.24) is 15.3 Å². The molecule has 5 nitrogen and oxygen atoms in total. The van der Waals surface area contributed by atoms with Crippen molar-refractivity contribution in [2.24, 2.45) is 0 Å². The molecule has 0 aromatic carbocycles. The summed E-state index contributed by atoms with van der Waals surface area (Å²) in [6.45, 7) is 2.17. The van der Waals surface area contributed by atoms with Crippen molar-refractivity contribution in [2.45, 2.75) is 31.7 Å². The highest BCUT2D eigenvalue weighted by Crippen LogP contribution is 2.28. The number of fused-ring (bicyclic) bond motifs is 1. The summed E-state index contributed by atoms with van der Waals surface area (Å²) in [5.74, 6) is -0.819. The lowest BCUT2D eigenvalue weighted by molar-refractivity contribution is -0.222. The van der Waals surface area contributed by atoms with E-state index in [0.717, 1.165) is 13.8 Å². The van der Waals surface area contributed by atoms with Gasteiger partial charge in [0.15, 0.2) is 11.8 Å². The second kappa shape index (κ2) is 5.53. The molecule has 2 heterocycles. The van der Waals surface area contributed by atoms with Gasteiger partial charge in [-0.1, -0.05) is 0 Å². The highest BCUT2D eigenvalue weighted by atomic mass is 19.4.